The summed E-state index contributed by atoms with van der Waals surface area (Å²) in [6.45, 7) is 0.836. The first-order valence-corrected chi connectivity index (χ1v) is 10.2. The molecule has 0 atom stereocenters. The molecule has 1 aromatic carbocycles. The van der Waals surface area contributed by atoms with Crippen molar-refractivity contribution in [3.05, 3.63) is 40.6 Å². The van der Waals surface area contributed by atoms with Gasteiger partial charge in [-0.05, 0) is 36.7 Å². The lowest BCUT2D eigenvalue weighted by molar-refractivity contribution is -0.117. The van der Waals surface area contributed by atoms with Crippen molar-refractivity contribution < 1.29 is 17.9 Å². The molecule has 142 valence electrons. The molecular formula is C17H23N3O4S2. The van der Waals surface area contributed by atoms with Crippen LogP contribution in [-0.2, 0) is 21.4 Å². The maximum absolute atomic E-state index is 12.3. The van der Waals surface area contributed by atoms with Crippen molar-refractivity contribution in [1.82, 2.24) is 9.21 Å². The monoisotopic (exact) mass is 397 g/mol. The fourth-order valence-electron chi connectivity index (χ4n) is 2.32. The van der Waals surface area contributed by atoms with E-state index in [0.717, 1.165) is 9.18 Å². The smallest absolute Gasteiger partial charge is 0.242 e. The predicted octanol–water partition coefficient (Wildman–Crippen LogP) is 2.08. The van der Waals surface area contributed by atoms with Gasteiger partial charge in [0.25, 0.3) is 0 Å². The van der Waals surface area contributed by atoms with Gasteiger partial charge in [0, 0.05) is 25.5 Å². The van der Waals surface area contributed by atoms with Gasteiger partial charge in [0.05, 0.1) is 24.2 Å². The molecule has 0 saturated carbocycles. The normalized spacial score (nSPS) is 11.8. The highest BCUT2D eigenvalue weighted by atomic mass is 32.2. The number of anilines is 1. The van der Waals surface area contributed by atoms with E-state index in [1.807, 2.05) is 29.5 Å². The number of hydrogen-bond acceptors (Lipinski definition) is 6. The van der Waals surface area contributed by atoms with Gasteiger partial charge in [0.2, 0.25) is 15.9 Å². The van der Waals surface area contributed by atoms with E-state index in [4.69, 9.17) is 4.74 Å². The van der Waals surface area contributed by atoms with Crippen molar-refractivity contribution in [2.75, 3.05) is 40.1 Å². The minimum atomic E-state index is -3.60. The molecule has 1 aromatic heterocycles. The first-order valence-electron chi connectivity index (χ1n) is 7.85. The molecule has 0 saturated heterocycles. The number of carbonyl (C=O) groups is 1. The van der Waals surface area contributed by atoms with E-state index < -0.39 is 10.0 Å². The number of benzene rings is 1. The highest BCUT2D eigenvalue weighted by molar-refractivity contribution is 7.89. The van der Waals surface area contributed by atoms with Crippen LogP contribution in [0, 0.1) is 0 Å². The van der Waals surface area contributed by atoms with Gasteiger partial charge in [0.15, 0.2) is 0 Å². The zero-order valence-corrected chi connectivity index (χ0v) is 16.9. The molecule has 1 amide bonds. The van der Waals surface area contributed by atoms with Gasteiger partial charge in [-0.1, -0.05) is 6.07 Å². The fraction of sp³-hybridized carbons (Fsp3) is 0.353. The van der Waals surface area contributed by atoms with Crippen molar-refractivity contribution >= 4 is 33.0 Å². The lowest BCUT2D eigenvalue weighted by atomic mass is 10.3. The number of thiophene rings is 1. The number of carbonyl (C=O) groups excluding carboxylic acids is 1. The Morgan fingerprint density at radius 1 is 1.23 bits per heavy atom. The van der Waals surface area contributed by atoms with E-state index in [1.54, 1.807) is 11.3 Å². The number of likely N-dealkylation sites (N-methyl/N-ethyl adjacent to an activating group) is 1. The summed E-state index contributed by atoms with van der Waals surface area (Å²) in [5.41, 5.74) is 0.324. The molecule has 0 unspecified atom stereocenters. The summed E-state index contributed by atoms with van der Waals surface area (Å²) in [7, 11) is 2.63. The van der Waals surface area contributed by atoms with Gasteiger partial charge in [-0.2, -0.15) is 0 Å². The lowest BCUT2D eigenvalue weighted by Gasteiger charge is -2.17. The van der Waals surface area contributed by atoms with Crippen molar-refractivity contribution in [2.24, 2.45) is 0 Å². The average molecular weight is 398 g/mol. The molecule has 0 radical (unpaired) electrons. The summed E-state index contributed by atoms with van der Waals surface area (Å²) < 4.78 is 30.9. The van der Waals surface area contributed by atoms with Crippen LogP contribution in [0.1, 0.15) is 4.88 Å². The fourth-order valence-corrected chi connectivity index (χ4v) is 4.03. The van der Waals surface area contributed by atoms with Gasteiger partial charge in [-0.3, -0.25) is 9.69 Å². The molecule has 0 aliphatic carbocycles. The Labute approximate surface area is 158 Å². The van der Waals surface area contributed by atoms with E-state index in [0.29, 0.717) is 18.0 Å². The third-order valence-corrected chi connectivity index (χ3v) is 6.32. The van der Waals surface area contributed by atoms with E-state index in [1.165, 1.54) is 39.4 Å². The van der Waals surface area contributed by atoms with Crippen LogP contribution in [0.15, 0.2) is 40.6 Å². The van der Waals surface area contributed by atoms with Crippen LogP contribution in [0.5, 0.6) is 5.75 Å². The average Bonchev–Trinajstić information content (AvgIpc) is 3.07. The Hall–Kier alpha value is -1.94. The molecule has 0 spiro atoms. The summed E-state index contributed by atoms with van der Waals surface area (Å²) in [5.74, 6) is 0.152. The number of ether oxygens (including phenoxy) is 1. The number of nitrogens with zero attached hydrogens (tertiary/aromatic N) is 2. The number of hydrogen-bond donors (Lipinski definition) is 1. The number of rotatable bonds is 8. The summed E-state index contributed by atoms with van der Waals surface area (Å²) in [4.78, 5) is 15.5. The third-order valence-electron chi connectivity index (χ3n) is 3.64. The highest BCUT2D eigenvalue weighted by Crippen LogP contribution is 2.28. The second kappa shape index (κ2) is 8.63. The lowest BCUT2D eigenvalue weighted by Crippen LogP contribution is -2.30. The van der Waals surface area contributed by atoms with Crippen LogP contribution in [0.4, 0.5) is 5.69 Å². The highest BCUT2D eigenvalue weighted by Gasteiger charge is 2.20. The molecule has 9 heteroatoms. The van der Waals surface area contributed by atoms with Crippen molar-refractivity contribution in [3.8, 4) is 5.75 Å². The SMILES string of the molecule is COc1ccc(S(=O)(=O)N(C)C)cc1NC(=O)CN(C)Cc1cccs1. The Bertz CT molecular complexity index is 849. The van der Waals surface area contributed by atoms with Crippen molar-refractivity contribution in [3.63, 3.8) is 0 Å². The van der Waals surface area contributed by atoms with Crippen LogP contribution in [0.2, 0.25) is 0 Å². The van der Waals surface area contributed by atoms with Crippen molar-refractivity contribution in [1.29, 1.82) is 0 Å². The Kier molecular flexibility index (Phi) is 6.76. The molecule has 2 rings (SSSR count). The Morgan fingerprint density at radius 2 is 1.96 bits per heavy atom. The maximum Gasteiger partial charge on any atom is 0.242 e. The zero-order valence-electron chi connectivity index (χ0n) is 15.2. The third kappa shape index (κ3) is 5.04. The minimum Gasteiger partial charge on any atom is -0.495 e. The number of sulfonamides is 1. The standard InChI is InChI=1S/C17H23N3O4S2/c1-19(2)26(22,23)14-7-8-16(24-4)15(10-14)18-17(21)12-20(3)11-13-6-5-9-25-13/h5-10H,11-12H2,1-4H3,(H,18,21). The topological polar surface area (TPSA) is 79.0 Å². The van der Waals surface area contributed by atoms with Crippen molar-refractivity contribution in [2.45, 2.75) is 11.4 Å². The molecule has 0 aliphatic rings. The molecule has 26 heavy (non-hydrogen) atoms. The summed E-state index contributed by atoms with van der Waals surface area (Å²) >= 11 is 1.63. The van der Waals surface area contributed by atoms with Gasteiger partial charge < -0.3 is 10.1 Å². The van der Waals surface area contributed by atoms with E-state index in [2.05, 4.69) is 5.32 Å². The largest absolute Gasteiger partial charge is 0.495 e. The molecular weight excluding hydrogens is 374 g/mol. The summed E-state index contributed by atoms with van der Waals surface area (Å²) in [6, 6.07) is 8.37. The van der Waals surface area contributed by atoms with Crippen LogP contribution in [0.3, 0.4) is 0 Å². The molecule has 7 nitrogen and oxygen atoms in total. The van der Waals surface area contributed by atoms with Gasteiger partial charge >= 0.3 is 0 Å². The molecule has 2 aromatic rings. The summed E-state index contributed by atoms with van der Waals surface area (Å²) in [5, 5.41) is 4.73. The molecule has 0 aliphatic heterocycles. The van der Waals surface area contributed by atoms with Crippen LogP contribution in [-0.4, -0.2) is 58.3 Å². The number of amides is 1. The second-order valence-electron chi connectivity index (χ2n) is 5.95. The first kappa shape index (κ1) is 20.4. The molecule has 1 N–H and O–H groups in total. The second-order valence-corrected chi connectivity index (χ2v) is 9.13. The van der Waals surface area contributed by atoms with E-state index >= 15 is 0 Å². The minimum absolute atomic E-state index is 0.0885. The zero-order chi connectivity index (χ0) is 19.3. The molecule has 1 heterocycles. The number of methoxy groups -OCH3 is 1. The van der Waals surface area contributed by atoms with E-state index in [-0.39, 0.29) is 17.3 Å². The first-order chi connectivity index (χ1) is 12.2. The molecule has 0 bridgehead atoms. The van der Waals surface area contributed by atoms with Crippen LogP contribution >= 0.6 is 11.3 Å². The van der Waals surface area contributed by atoms with Crippen LogP contribution < -0.4 is 10.1 Å². The maximum atomic E-state index is 12.3. The number of nitrogens with one attached hydrogen (secondary N) is 1. The Balaban J connectivity index is 2.12. The van der Waals surface area contributed by atoms with Crippen LogP contribution in [0.25, 0.3) is 0 Å². The Morgan fingerprint density at radius 3 is 2.54 bits per heavy atom. The van der Waals surface area contributed by atoms with Gasteiger partial charge in [-0.25, -0.2) is 12.7 Å². The van der Waals surface area contributed by atoms with Gasteiger partial charge in [-0.15, -0.1) is 11.3 Å². The quantitative estimate of drug-likeness (QED) is 0.738. The van der Waals surface area contributed by atoms with Gasteiger partial charge in [0.1, 0.15) is 5.75 Å². The van der Waals surface area contributed by atoms with E-state index in [9.17, 15) is 13.2 Å². The predicted molar refractivity (Wildman–Crippen MR) is 103 cm³/mol. The summed E-state index contributed by atoms with van der Waals surface area (Å²) in [6.07, 6.45) is 0. The molecule has 0 fully saturated rings.